The minimum absolute atomic E-state index is 0.0132. The first kappa shape index (κ1) is 17.6. The highest BCUT2D eigenvalue weighted by molar-refractivity contribution is 5.84. The zero-order valence-electron chi connectivity index (χ0n) is 14.9. The first-order valence-electron chi connectivity index (χ1n) is 9.26. The number of carbonyl (C=O) groups excluding carboxylic acids is 2. The molecule has 0 spiro atoms. The van der Waals surface area contributed by atoms with Crippen LogP contribution in [0, 0.1) is 12.8 Å². The van der Waals surface area contributed by atoms with Crippen LogP contribution in [-0.4, -0.2) is 47.8 Å². The second-order valence-corrected chi connectivity index (χ2v) is 6.88. The number of carbonyl (C=O) groups is 2. The number of amides is 1. The molecule has 1 aromatic heterocycles. The van der Waals surface area contributed by atoms with E-state index in [9.17, 15) is 9.59 Å². The first-order valence-corrected chi connectivity index (χ1v) is 9.26. The predicted molar refractivity (Wildman–Crippen MR) is 96.7 cm³/mol. The maximum Gasteiger partial charge on any atom is 0.223 e. The molecule has 0 unspecified atom stereocenters. The number of rotatable bonds is 6. The van der Waals surface area contributed by atoms with Gasteiger partial charge in [0.25, 0.3) is 0 Å². The smallest absolute Gasteiger partial charge is 0.223 e. The van der Waals surface area contributed by atoms with Crippen LogP contribution in [0.5, 0.6) is 0 Å². The van der Waals surface area contributed by atoms with Gasteiger partial charge in [0.05, 0.1) is 0 Å². The molecule has 1 saturated carbocycles. The summed E-state index contributed by atoms with van der Waals surface area (Å²) in [5, 5.41) is 6.22. The van der Waals surface area contributed by atoms with Crippen molar-refractivity contribution in [3.05, 3.63) is 11.9 Å². The van der Waals surface area contributed by atoms with Gasteiger partial charge in [-0.1, -0.05) is 0 Å². The zero-order chi connectivity index (χ0) is 17.6. The predicted octanol–water partition coefficient (Wildman–Crippen LogP) is 1.67. The van der Waals surface area contributed by atoms with E-state index in [-0.39, 0.29) is 17.6 Å². The number of aryl methyl sites for hydroxylation is 1. The summed E-state index contributed by atoms with van der Waals surface area (Å²) in [5.41, 5.74) is 0. The Bertz CT molecular complexity index is 618. The summed E-state index contributed by atoms with van der Waals surface area (Å²) in [6.45, 7) is 5.17. The normalized spacial score (nSPS) is 18.4. The second-order valence-electron chi connectivity index (χ2n) is 6.88. The van der Waals surface area contributed by atoms with E-state index >= 15 is 0 Å². The molecule has 2 heterocycles. The van der Waals surface area contributed by atoms with Crippen LogP contribution in [0.3, 0.4) is 0 Å². The van der Waals surface area contributed by atoms with Crippen LogP contribution in [0.2, 0.25) is 0 Å². The molecule has 7 nitrogen and oxygen atoms in total. The maximum atomic E-state index is 12.1. The zero-order valence-corrected chi connectivity index (χ0v) is 14.9. The molecule has 25 heavy (non-hydrogen) atoms. The highest BCUT2D eigenvalue weighted by Gasteiger charge is 2.24. The van der Waals surface area contributed by atoms with Gasteiger partial charge in [0.1, 0.15) is 23.2 Å². The van der Waals surface area contributed by atoms with Gasteiger partial charge in [-0.15, -0.1) is 0 Å². The summed E-state index contributed by atoms with van der Waals surface area (Å²) >= 11 is 0. The average Bonchev–Trinajstić information content (AvgIpc) is 3.13. The minimum atomic E-state index is -0.0132. The van der Waals surface area contributed by atoms with E-state index < -0.39 is 0 Å². The fourth-order valence-electron chi connectivity index (χ4n) is 3.47. The van der Waals surface area contributed by atoms with Crippen molar-refractivity contribution in [1.82, 2.24) is 15.3 Å². The van der Waals surface area contributed by atoms with Crippen molar-refractivity contribution < 1.29 is 9.59 Å². The van der Waals surface area contributed by atoms with E-state index in [1.165, 1.54) is 12.8 Å². The highest BCUT2D eigenvalue weighted by atomic mass is 16.2. The summed E-state index contributed by atoms with van der Waals surface area (Å²) in [6, 6.07) is 1.98. The van der Waals surface area contributed by atoms with Gasteiger partial charge in [0.2, 0.25) is 5.91 Å². The molecular formula is C18H27N5O2. The highest BCUT2D eigenvalue weighted by Crippen LogP contribution is 2.22. The van der Waals surface area contributed by atoms with Gasteiger partial charge < -0.3 is 15.5 Å². The standard InChI is InChI=1S/C18H27N5O2/c1-13-21-16(12-17(22-13)23-10-2-3-11-23)19-8-9-20-18(25)14-4-6-15(24)7-5-14/h12,14H,2-11H2,1H3,(H,20,25)(H,19,21,22). The van der Waals surface area contributed by atoms with Crippen molar-refractivity contribution in [2.24, 2.45) is 5.92 Å². The van der Waals surface area contributed by atoms with E-state index in [0.717, 1.165) is 30.5 Å². The molecule has 0 bridgehead atoms. The average molecular weight is 345 g/mol. The molecule has 136 valence electrons. The van der Waals surface area contributed by atoms with Gasteiger partial charge in [-0.3, -0.25) is 9.59 Å². The van der Waals surface area contributed by atoms with Gasteiger partial charge in [-0.05, 0) is 32.6 Å². The van der Waals surface area contributed by atoms with E-state index in [1.807, 2.05) is 13.0 Å². The number of ketones is 1. The van der Waals surface area contributed by atoms with Crippen LogP contribution < -0.4 is 15.5 Å². The van der Waals surface area contributed by atoms with Crippen LogP contribution >= 0.6 is 0 Å². The van der Waals surface area contributed by atoms with Crippen molar-refractivity contribution in [2.45, 2.75) is 45.4 Å². The fourth-order valence-corrected chi connectivity index (χ4v) is 3.47. The van der Waals surface area contributed by atoms with Crippen molar-refractivity contribution >= 4 is 23.3 Å². The Hall–Kier alpha value is -2.18. The Balaban J connectivity index is 1.44. The number of nitrogens with zero attached hydrogens (tertiary/aromatic N) is 3. The van der Waals surface area contributed by atoms with Gasteiger partial charge in [-0.2, -0.15) is 0 Å². The van der Waals surface area contributed by atoms with Crippen molar-refractivity contribution in [2.75, 3.05) is 36.4 Å². The van der Waals surface area contributed by atoms with E-state index in [0.29, 0.717) is 38.8 Å². The molecule has 0 aromatic carbocycles. The second kappa shape index (κ2) is 8.27. The fraction of sp³-hybridized carbons (Fsp3) is 0.667. The largest absolute Gasteiger partial charge is 0.368 e. The Labute approximate surface area is 148 Å². The molecule has 2 fully saturated rings. The van der Waals surface area contributed by atoms with Crippen LogP contribution in [0.15, 0.2) is 6.07 Å². The van der Waals surface area contributed by atoms with Gasteiger partial charge in [-0.25, -0.2) is 9.97 Å². The lowest BCUT2D eigenvalue weighted by Gasteiger charge is -2.20. The Kier molecular flexibility index (Phi) is 5.83. The first-order chi connectivity index (χ1) is 12.1. The lowest BCUT2D eigenvalue weighted by atomic mass is 9.88. The number of hydrogen-bond donors (Lipinski definition) is 2. The Morgan fingerprint density at radius 1 is 1.20 bits per heavy atom. The molecule has 0 atom stereocenters. The SMILES string of the molecule is Cc1nc(NCCNC(=O)C2CCC(=O)CC2)cc(N2CCCC2)n1. The summed E-state index contributed by atoms with van der Waals surface area (Å²) in [6.07, 6.45) is 4.87. The third-order valence-electron chi connectivity index (χ3n) is 4.90. The molecule has 3 rings (SSSR count). The van der Waals surface area contributed by atoms with Crippen molar-refractivity contribution in [1.29, 1.82) is 0 Å². The Morgan fingerprint density at radius 2 is 1.92 bits per heavy atom. The monoisotopic (exact) mass is 345 g/mol. The van der Waals surface area contributed by atoms with Gasteiger partial charge in [0.15, 0.2) is 0 Å². The summed E-state index contributed by atoms with van der Waals surface area (Å²) in [5.74, 6) is 2.85. The molecule has 1 aliphatic heterocycles. The van der Waals surface area contributed by atoms with Crippen LogP contribution in [0.25, 0.3) is 0 Å². The van der Waals surface area contributed by atoms with Crippen molar-refractivity contribution in [3.63, 3.8) is 0 Å². The van der Waals surface area contributed by atoms with E-state index in [2.05, 4.69) is 25.5 Å². The quantitative estimate of drug-likeness (QED) is 0.763. The third kappa shape index (κ3) is 4.90. The molecule has 1 saturated heterocycles. The van der Waals surface area contributed by atoms with Crippen LogP contribution in [0.4, 0.5) is 11.6 Å². The molecule has 7 heteroatoms. The van der Waals surface area contributed by atoms with Gasteiger partial charge >= 0.3 is 0 Å². The molecule has 1 aromatic rings. The molecule has 2 aliphatic rings. The third-order valence-corrected chi connectivity index (χ3v) is 4.90. The molecule has 0 radical (unpaired) electrons. The molecule has 2 N–H and O–H groups in total. The molecule has 1 aliphatic carbocycles. The number of hydrogen-bond acceptors (Lipinski definition) is 6. The van der Waals surface area contributed by atoms with Crippen LogP contribution in [-0.2, 0) is 9.59 Å². The number of Topliss-reactive ketones (excluding diaryl/α,β-unsaturated/α-hetero) is 1. The summed E-state index contributed by atoms with van der Waals surface area (Å²) in [7, 11) is 0. The van der Waals surface area contributed by atoms with Crippen molar-refractivity contribution in [3.8, 4) is 0 Å². The van der Waals surface area contributed by atoms with E-state index in [4.69, 9.17) is 0 Å². The maximum absolute atomic E-state index is 12.1. The number of anilines is 2. The minimum Gasteiger partial charge on any atom is -0.368 e. The molecular weight excluding hydrogens is 318 g/mol. The Morgan fingerprint density at radius 3 is 2.64 bits per heavy atom. The number of aromatic nitrogens is 2. The van der Waals surface area contributed by atoms with E-state index in [1.54, 1.807) is 0 Å². The topological polar surface area (TPSA) is 87.2 Å². The summed E-state index contributed by atoms with van der Waals surface area (Å²) in [4.78, 5) is 34.6. The van der Waals surface area contributed by atoms with Gasteiger partial charge in [0, 0.05) is 51.0 Å². The summed E-state index contributed by atoms with van der Waals surface area (Å²) < 4.78 is 0. The lowest BCUT2D eigenvalue weighted by Crippen LogP contribution is -2.36. The lowest BCUT2D eigenvalue weighted by molar-refractivity contribution is -0.128. The van der Waals surface area contributed by atoms with Crippen LogP contribution in [0.1, 0.15) is 44.3 Å². The number of nitrogens with one attached hydrogen (secondary N) is 2. The molecule has 1 amide bonds.